The molecule has 1 aromatic heterocycles. The fraction of sp³-hybridized carbons (Fsp3) is 0.609. The van der Waals surface area contributed by atoms with Crippen molar-refractivity contribution in [2.75, 3.05) is 13.1 Å². The number of amides is 1. The van der Waals surface area contributed by atoms with Crippen LogP contribution in [0.5, 0.6) is 0 Å². The summed E-state index contributed by atoms with van der Waals surface area (Å²) in [5.74, 6) is 4.10. The van der Waals surface area contributed by atoms with Gasteiger partial charge in [-0.05, 0) is 49.0 Å². The van der Waals surface area contributed by atoms with Crippen molar-refractivity contribution in [2.24, 2.45) is 23.7 Å². The van der Waals surface area contributed by atoms with Gasteiger partial charge in [0.15, 0.2) is 5.82 Å². The Bertz CT molecular complexity index is 884. The number of fused-ring (bicyclic) bond motifs is 2. The lowest BCUT2D eigenvalue weighted by atomic mass is 9.80. The summed E-state index contributed by atoms with van der Waals surface area (Å²) in [6.07, 6.45) is 7.95. The van der Waals surface area contributed by atoms with Gasteiger partial charge in [-0.25, -0.2) is 0 Å². The maximum atomic E-state index is 13.1. The number of rotatable bonds is 4. The van der Waals surface area contributed by atoms with E-state index in [2.05, 4.69) is 22.2 Å². The summed E-state index contributed by atoms with van der Waals surface area (Å²) in [4.78, 5) is 20.1. The predicted molar refractivity (Wildman–Crippen MR) is 103 cm³/mol. The summed E-state index contributed by atoms with van der Waals surface area (Å²) in [6.45, 7) is 1.66. The summed E-state index contributed by atoms with van der Waals surface area (Å²) >= 11 is 0. The number of benzene rings is 1. The van der Waals surface area contributed by atoms with Crippen molar-refractivity contribution < 1.29 is 9.32 Å². The Hall–Kier alpha value is -2.17. The van der Waals surface area contributed by atoms with Crippen LogP contribution in [0.15, 0.2) is 34.9 Å². The fourth-order valence-electron chi connectivity index (χ4n) is 6.51. The molecule has 0 spiro atoms. The predicted octanol–water partition coefficient (Wildman–Crippen LogP) is 3.59. The van der Waals surface area contributed by atoms with Crippen LogP contribution in [-0.4, -0.2) is 34.0 Å². The molecule has 3 aliphatic carbocycles. The summed E-state index contributed by atoms with van der Waals surface area (Å²) in [5, 5.41) is 4.29. The molecular weight excluding hydrogens is 350 g/mol. The largest absolute Gasteiger partial charge is 0.341 e. The van der Waals surface area contributed by atoms with Crippen LogP contribution < -0.4 is 0 Å². The molecule has 4 aliphatic rings. The topological polar surface area (TPSA) is 59.2 Å². The second-order valence-corrected chi connectivity index (χ2v) is 9.43. The Morgan fingerprint density at radius 3 is 2.79 bits per heavy atom. The number of carbonyl (C=O) groups excluding carboxylic acids is 1. The average molecular weight is 377 g/mol. The molecule has 0 radical (unpaired) electrons. The van der Waals surface area contributed by atoms with Crippen LogP contribution in [-0.2, 0) is 16.6 Å². The summed E-state index contributed by atoms with van der Waals surface area (Å²) in [7, 11) is 0. The van der Waals surface area contributed by atoms with Crippen LogP contribution in [0, 0.1) is 23.7 Å². The molecule has 4 fully saturated rings. The molecule has 5 nitrogen and oxygen atoms in total. The number of hydrogen-bond donors (Lipinski definition) is 0. The lowest BCUT2D eigenvalue weighted by Gasteiger charge is -2.24. The Morgan fingerprint density at radius 1 is 1.14 bits per heavy atom. The van der Waals surface area contributed by atoms with Crippen LogP contribution in [0.1, 0.15) is 55.8 Å². The van der Waals surface area contributed by atoms with Gasteiger partial charge in [0.1, 0.15) is 0 Å². The first-order valence-electron chi connectivity index (χ1n) is 10.9. The zero-order valence-electron chi connectivity index (χ0n) is 16.2. The molecule has 6 rings (SSSR count). The quantitative estimate of drug-likeness (QED) is 0.817. The number of carbonyl (C=O) groups is 1. The molecule has 1 amide bonds. The monoisotopic (exact) mass is 377 g/mol. The Balaban J connectivity index is 1.22. The Morgan fingerprint density at radius 2 is 1.96 bits per heavy atom. The Labute approximate surface area is 165 Å². The van der Waals surface area contributed by atoms with E-state index in [1.807, 2.05) is 18.2 Å². The highest BCUT2D eigenvalue weighted by molar-refractivity contribution is 5.83. The minimum Gasteiger partial charge on any atom is -0.341 e. The van der Waals surface area contributed by atoms with Gasteiger partial charge < -0.3 is 9.42 Å². The summed E-state index contributed by atoms with van der Waals surface area (Å²) in [6, 6.07) is 10.3. The van der Waals surface area contributed by atoms with Crippen molar-refractivity contribution in [3.05, 3.63) is 47.6 Å². The van der Waals surface area contributed by atoms with Gasteiger partial charge in [0.2, 0.25) is 11.8 Å². The van der Waals surface area contributed by atoms with Crippen LogP contribution >= 0.6 is 0 Å². The molecular formula is C23H27N3O2. The molecule has 3 saturated carbocycles. The molecule has 146 valence electrons. The number of aromatic nitrogens is 2. The van der Waals surface area contributed by atoms with Gasteiger partial charge in [-0.15, -0.1) is 0 Å². The van der Waals surface area contributed by atoms with Gasteiger partial charge in [0.25, 0.3) is 0 Å². The average Bonchev–Trinajstić information content (AvgIpc) is 3.24. The van der Waals surface area contributed by atoms with Gasteiger partial charge in [-0.2, -0.15) is 4.98 Å². The zero-order valence-corrected chi connectivity index (χ0v) is 16.2. The number of hydrogen-bond acceptors (Lipinski definition) is 4. The molecule has 2 unspecified atom stereocenters. The lowest BCUT2D eigenvalue weighted by Crippen LogP contribution is -2.36. The maximum absolute atomic E-state index is 13.1. The number of likely N-dealkylation sites (tertiary alicyclic amines) is 1. The first-order valence-corrected chi connectivity index (χ1v) is 10.9. The molecule has 5 heteroatoms. The van der Waals surface area contributed by atoms with Gasteiger partial charge in [-0.1, -0.05) is 48.3 Å². The molecule has 28 heavy (non-hydrogen) atoms. The lowest BCUT2D eigenvalue weighted by molar-refractivity contribution is -0.132. The molecule has 4 atom stereocenters. The summed E-state index contributed by atoms with van der Waals surface area (Å²) < 4.78 is 5.81. The minimum atomic E-state index is -0.110. The van der Waals surface area contributed by atoms with E-state index in [0.29, 0.717) is 36.0 Å². The first kappa shape index (κ1) is 16.8. The van der Waals surface area contributed by atoms with Crippen molar-refractivity contribution in [3.63, 3.8) is 0 Å². The standard InChI is InChI=1S/C23H27N3O2/c27-21(20-17-9-4-10-18(17)20)26-13-16-8-5-11-23(16,14-26)22-24-19(25-28-22)12-15-6-2-1-3-7-15/h1-3,6-7,16-18,20H,4-5,8-14H2/t16-,17?,18?,20?,23-/m1/s1. The van der Waals surface area contributed by atoms with Crippen molar-refractivity contribution in [3.8, 4) is 0 Å². The fourth-order valence-corrected chi connectivity index (χ4v) is 6.51. The van der Waals surface area contributed by atoms with Crippen LogP contribution in [0.25, 0.3) is 0 Å². The van der Waals surface area contributed by atoms with Crippen LogP contribution in [0.3, 0.4) is 0 Å². The highest BCUT2D eigenvalue weighted by Crippen LogP contribution is 2.59. The molecule has 2 aromatic rings. The zero-order chi connectivity index (χ0) is 18.7. The second kappa shape index (κ2) is 6.16. The third kappa shape index (κ3) is 2.48. The van der Waals surface area contributed by atoms with Crippen molar-refractivity contribution in [1.29, 1.82) is 0 Å². The third-order valence-electron chi connectivity index (χ3n) is 7.97. The van der Waals surface area contributed by atoms with Gasteiger partial charge in [0.05, 0.1) is 5.41 Å². The van der Waals surface area contributed by atoms with Crippen molar-refractivity contribution >= 4 is 5.91 Å². The van der Waals surface area contributed by atoms with E-state index in [1.54, 1.807) is 0 Å². The minimum absolute atomic E-state index is 0.110. The molecule has 1 saturated heterocycles. The molecule has 1 aliphatic heterocycles. The Kier molecular flexibility index (Phi) is 3.69. The van der Waals surface area contributed by atoms with Crippen LogP contribution in [0.4, 0.5) is 0 Å². The molecule has 1 aromatic carbocycles. The van der Waals surface area contributed by atoms with Gasteiger partial charge in [0, 0.05) is 25.4 Å². The maximum Gasteiger partial charge on any atom is 0.235 e. The third-order valence-corrected chi connectivity index (χ3v) is 7.97. The highest BCUT2D eigenvalue weighted by atomic mass is 16.5. The van der Waals surface area contributed by atoms with E-state index in [1.165, 1.54) is 31.2 Å². The first-order chi connectivity index (χ1) is 13.7. The van der Waals surface area contributed by atoms with E-state index >= 15 is 0 Å². The van der Waals surface area contributed by atoms with E-state index in [0.717, 1.165) is 37.6 Å². The molecule has 2 heterocycles. The highest BCUT2D eigenvalue weighted by Gasteiger charge is 2.61. The normalized spacial score (nSPS) is 35.8. The molecule has 0 bridgehead atoms. The van der Waals surface area contributed by atoms with E-state index in [9.17, 15) is 4.79 Å². The molecule has 0 N–H and O–H groups in total. The second-order valence-electron chi connectivity index (χ2n) is 9.43. The van der Waals surface area contributed by atoms with E-state index < -0.39 is 0 Å². The summed E-state index contributed by atoms with van der Waals surface area (Å²) in [5.41, 5.74) is 1.08. The van der Waals surface area contributed by atoms with Crippen LogP contribution in [0.2, 0.25) is 0 Å². The van der Waals surface area contributed by atoms with E-state index in [4.69, 9.17) is 9.51 Å². The smallest absolute Gasteiger partial charge is 0.235 e. The SMILES string of the molecule is O=C(C1C2CCCC21)N1C[C@H]2CCC[C@@]2(c2nc(Cc3ccccc3)no2)C1. The van der Waals surface area contributed by atoms with Crippen molar-refractivity contribution in [1.82, 2.24) is 15.0 Å². The number of nitrogens with zero attached hydrogens (tertiary/aromatic N) is 3. The van der Waals surface area contributed by atoms with Gasteiger partial charge in [-0.3, -0.25) is 4.79 Å². The van der Waals surface area contributed by atoms with Gasteiger partial charge >= 0.3 is 0 Å². The van der Waals surface area contributed by atoms with E-state index in [-0.39, 0.29) is 5.41 Å². The van der Waals surface area contributed by atoms with Crippen molar-refractivity contribution in [2.45, 2.75) is 50.4 Å².